The first-order valence-corrected chi connectivity index (χ1v) is 13.3. The number of sulfonamides is 1. The molecule has 202 valence electrons. The van der Waals surface area contributed by atoms with Crippen molar-refractivity contribution < 1.29 is 31.5 Å². The van der Waals surface area contributed by atoms with Crippen LogP contribution >= 0.6 is 0 Å². The third kappa shape index (κ3) is 5.45. The van der Waals surface area contributed by atoms with E-state index in [0.29, 0.717) is 30.5 Å². The molecular formula is C26H27F3N4O4S. The number of benzene rings is 1. The van der Waals surface area contributed by atoms with Gasteiger partial charge in [-0.3, -0.25) is 9.52 Å². The summed E-state index contributed by atoms with van der Waals surface area (Å²) >= 11 is 0. The van der Waals surface area contributed by atoms with Crippen molar-refractivity contribution in [2.75, 3.05) is 22.7 Å². The van der Waals surface area contributed by atoms with Gasteiger partial charge in [0.1, 0.15) is 11.6 Å². The maximum absolute atomic E-state index is 13.8. The number of nitrogens with one attached hydrogen (secondary N) is 1. The van der Waals surface area contributed by atoms with Crippen molar-refractivity contribution in [2.45, 2.75) is 44.8 Å². The molecule has 3 aromatic rings. The van der Waals surface area contributed by atoms with E-state index >= 15 is 0 Å². The quantitative estimate of drug-likeness (QED) is 0.432. The molecule has 0 spiro atoms. The lowest BCUT2D eigenvalue weighted by Crippen LogP contribution is -2.46. The number of anilines is 2. The van der Waals surface area contributed by atoms with E-state index in [2.05, 4.69) is 14.7 Å². The number of carboxylic acid groups (broad SMARTS) is 1. The summed E-state index contributed by atoms with van der Waals surface area (Å²) in [5.74, 6) is -0.948. The molecule has 1 fully saturated rings. The number of aryl methyl sites for hydroxylation is 2. The van der Waals surface area contributed by atoms with Gasteiger partial charge in [0.05, 0.1) is 16.7 Å². The number of nitrogens with zero attached hydrogens (tertiary/aromatic N) is 3. The Bertz CT molecular complexity index is 1470. The topological polar surface area (TPSA) is 112 Å². The van der Waals surface area contributed by atoms with Crippen molar-refractivity contribution in [1.82, 2.24) is 9.97 Å². The third-order valence-corrected chi connectivity index (χ3v) is 7.93. The molecule has 0 aliphatic carbocycles. The highest BCUT2D eigenvalue weighted by Gasteiger charge is 2.39. The van der Waals surface area contributed by atoms with Crippen LogP contribution in [0.2, 0.25) is 0 Å². The molecule has 3 heterocycles. The number of carboxylic acids is 1. The summed E-state index contributed by atoms with van der Waals surface area (Å²) in [7, 11) is -4.33. The van der Waals surface area contributed by atoms with Crippen molar-refractivity contribution in [3.63, 3.8) is 0 Å². The molecule has 1 atom stereocenters. The lowest BCUT2D eigenvalue weighted by Gasteiger charge is -2.38. The van der Waals surface area contributed by atoms with E-state index in [1.807, 2.05) is 0 Å². The molecule has 0 bridgehead atoms. The minimum Gasteiger partial charge on any atom is -0.481 e. The van der Waals surface area contributed by atoms with Crippen molar-refractivity contribution in [3.05, 3.63) is 65.2 Å². The molecule has 0 radical (unpaired) electrons. The van der Waals surface area contributed by atoms with Crippen molar-refractivity contribution in [2.24, 2.45) is 5.41 Å². The fourth-order valence-corrected chi connectivity index (χ4v) is 5.62. The summed E-state index contributed by atoms with van der Waals surface area (Å²) in [6.07, 6.45) is -3.62. The monoisotopic (exact) mass is 548 g/mol. The standard InChI is InChI=1S/C26H27F3N4O4S/c1-16-7-4-8-17(2)22(16)23-18(26(27,28)29)11-12-19(30-23)32-38(36,37)21-10-5-9-20(31-21)33-14-6-13-25(3,15-33)24(34)35/h4-5,7-12H,6,13-15H2,1-3H3,(H,30,32)(H,34,35)/t25-/m1/s1. The molecule has 1 aliphatic rings. The molecule has 0 unspecified atom stereocenters. The third-order valence-electron chi connectivity index (χ3n) is 6.68. The SMILES string of the molecule is Cc1cccc(C)c1-c1nc(NS(=O)(=O)c2cccc(N3CCC[C@@](C)(C(=O)O)C3)n2)ccc1C(F)(F)F. The van der Waals surface area contributed by atoms with Crippen LogP contribution in [0, 0.1) is 19.3 Å². The molecule has 1 aromatic carbocycles. The van der Waals surface area contributed by atoms with Gasteiger partial charge in [-0.15, -0.1) is 0 Å². The van der Waals surface area contributed by atoms with Crippen molar-refractivity contribution in [3.8, 4) is 11.3 Å². The van der Waals surface area contributed by atoms with Gasteiger partial charge in [0, 0.05) is 18.7 Å². The fourth-order valence-electron chi connectivity index (χ4n) is 4.65. The first kappa shape index (κ1) is 27.4. The maximum atomic E-state index is 13.8. The largest absolute Gasteiger partial charge is 0.481 e. The number of halogens is 3. The molecule has 8 nitrogen and oxygen atoms in total. The molecule has 4 rings (SSSR count). The average molecular weight is 549 g/mol. The summed E-state index contributed by atoms with van der Waals surface area (Å²) in [5, 5.41) is 9.22. The van der Waals surface area contributed by atoms with Gasteiger partial charge < -0.3 is 10.0 Å². The maximum Gasteiger partial charge on any atom is 0.418 e. The van der Waals surface area contributed by atoms with Crippen LogP contribution in [-0.2, 0) is 21.0 Å². The van der Waals surface area contributed by atoms with E-state index in [4.69, 9.17) is 0 Å². The van der Waals surface area contributed by atoms with E-state index in [1.165, 1.54) is 12.1 Å². The fraction of sp³-hybridized carbons (Fsp3) is 0.346. The van der Waals surface area contributed by atoms with Gasteiger partial charge in [0.15, 0.2) is 5.03 Å². The number of rotatable bonds is 6. The molecule has 12 heteroatoms. The Kier molecular flexibility index (Phi) is 7.13. The summed E-state index contributed by atoms with van der Waals surface area (Å²) < 4.78 is 70.1. The minimum absolute atomic E-state index is 0.159. The second-order valence-corrected chi connectivity index (χ2v) is 11.3. The number of carbonyl (C=O) groups is 1. The minimum atomic E-state index is -4.71. The second-order valence-electron chi connectivity index (χ2n) is 9.69. The zero-order chi connectivity index (χ0) is 27.9. The van der Waals surface area contributed by atoms with Gasteiger partial charge in [-0.05, 0) is 69.0 Å². The van der Waals surface area contributed by atoms with E-state index in [1.54, 1.807) is 49.9 Å². The Morgan fingerprint density at radius 3 is 2.34 bits per heavy atom. The number of pyridine rings is 2. The van der Waals surface area contributed by atoms with Crippen LogP contribution in [0.25, 0.3) is 11.3 Å². The summed E-state index contributed by atoms with van der Waals surface area (Å²) in [5.41, 5.74) is -0.964. The average Bonchev–Trinajstić information content (AvgIpc) is 2.83. The highest BCUT2D eigenvalue weighted by molar-refractivity contribution is 7.92. The summed E-state index contributed by atoms with van der Waals surface area (Å²) in [4.78, 5) is 21.7. The van der Waals surface area contributed by atoms with Gasteiger partial charge in [0.25, 0.3) is 10.0 Å². The number of aliphatic carboxylic acids is 1. The van der Waals surface area contributed by atoms with Crippen LogP contribution in [-0.4, -0.2) is 42.6 Å². The first-order valence-electron chi connectivity index (χ1n) is 11.8. The van der Waals surface area contributed by atoms with Gasteiger partial charge in [-0.1, -0.05) is 24.3 Å². The van der Waals surface area contributed by atoms with Gasteiger partial charge in [-0.25, -0.2) is 9.97 Å². The predicted octanol–water partition coefficient (Wildman–Crippen LogP) is 5.27. The van der Waals surface area contributed by atoms with E-state index < -0.39 is 33.1 Å². The normalized spacial score (nSPS) is 18.3. The van der Waals surface area contributed by atoms with Crippen LogP contribution in [0.5, 0.6) is 0 Å². The highest BCUT2D eigenvalue weighted by atomic mass is 32.2. The Labute approximate surface area is 218 Å². The van der Waals surface area contributed by atoms with Crippen LogP contribution < -0.4 is 9.62 Å². The van der Waals surface area contributed by atoms with E-state index in [9.17, 15) is 31.5 Å². The first-order chi connectivity index (χ1) is 17.7. The van der Waals surface area contributed by atoms with Crippen LogP contribution in [0.4, 0.5) is 24.8 Å². The molecule has 0 amide bonds. The zero-order valence-corrected chi connectivity index (χ0v) is 21.8. The van der Waals surface area contributed by atoms with Crippen LogP contribution in [0.3, 0.4) is 0 Å². The number of piperidine rings is 1. The Morgan fingerprint density at radius 1 is 1.05 bits per heavy atom. The Balaban J connectivity index is 1.69. The van der Waals surface area contributed by atoms with E-state index in [-0.39, 0.29) is 34.5 Å². The molecule has 1 saturated heterocycles. The van der Waals surface area contributed by atoms with Gasteiger partial charge in [0.2, 0.25) is 0 Å². The highest BCUT2D eigenvalue weighted by Crippen LogP contribution is 2.39. The predicted molar refractivity (Wildman–Crippen MR) is 136 cm³/mol. The molecule has 38 heavy (non-hydrogen) atoms. The molecule has 1 aliphatic heterocycles. The lowest BCUT2D eigenvalue weighted by atomic mass is 9.82. The Morgan fingerprint density at radius 2 is 1.71 bits per heavy atom. The summed E-state index contributed by atoms with van der Waals surface area (Å²) in [6, 6.07) is 11.1. The van der Waals surface area contributed by atoms with Crippen LogP contribution in [0.1, 0.15) is 36.5 Å². The molecule has 2 N–H and O–H groups in total. The van der Waals surface area contributed by atoms with Gasteiger partial charge >= 0.3 is 12.1 Å². The number of aromatic nitrogens is 2. The van der Waals surface area contributed by atoms with Crippen molar-refractivity contribution in [1.29, 1.82) is 0 Å². The summed E-state index contributed by atoms with van der Waals surface area (Å²) in [6.45, 7) is 5.62. The lowest BCUT2D eigenvalue weighted by molar-refractivity contribution is -0.148. The van der Waals surface area contributed by atoms with Gasteiger partial charge in [-0.2, -0.15) is 21.6 Å². The number of hydrogen-bond acceptors (Lipinski definition) is 6. The van der Waals surface area contributed by atoms with Crippen molar-refractivity contribution >= 4 is 27.6 Å². The smallest absolute Gasteiger partial charge is 0.418 e. The Hall–Kier alpha value is -3.67. The molecule has 2 aromatic heterocycles. The number of hydrogen-bond donors (Lipinski definition) is 2. The molecule has 0 saturated carbocycles. The second kappa shape index (κ2) is 9.90. The number of alkyl halides is 3. The van der Waals surface area contributed by atoms with E-state index in [0.717, 1.165) is 12.1 Å². The zero-order valence-electron chi connectivity index (χ0n) is 21.0. The van der Waals surface area contributed by atoms with Crippen LogP contribution in [0.15, 0.2) is 53.6 Å². The molecular weight excluding hydrogens is 521 g/mol.